The number of ether oxygens (including phenoxy) is 1. The number of carbonyl (C=O) groups excluding carboxylic acids is 1. The Morgan fingerprint density at radius 1 is 1.06 bits per heavy atom. The molecule has 174 valence electrons. The van der Waals surface area contributed by atoms with E-state index in [1.165, 1.54) is 18.1 Å². The van der Waals surface area contributed by atoms with E-state index in [0.717, 1.165) is 16.4 Å². The van der Waals surface area contributed by atoms with Crippen molar-refractivity contribution in [2.75, 3.05) is 33.3 Å². The minimum Gasteiger partial charge on any atom is -0.497 e. The molecule has 2 aromatic carbocycles. The van der Waals surface area contributed by atoms with Gasteiger partial charge in [0.05, 0.1) is 12.0 Å². The average molecular weight is 479 g/mol. The Morgan fingerprint density at radius 2 is 1.79 bits per heavy atom. The predicted molar refractivity (Wildman–Crippen MR) is 111 cm³/mol. The Balaban J connectivity index is 1.55. The molecule has 0 aliphatic carbocycles. The molecule has 33 heavy (non-hydrogen) atoms. The minimum atomic E-state index is -4.06. The largest absolute Gasteiger partial charge is 0.497 e. The smallest absolute Gasteiger partial charge is 0.289 e. The zero-order valence-corrected chi connectivity index (χ0v) is 18.2. The Labute approximate surface area is 187 Å². The van der Waals surface area contributed by atoms with Crippen LogP contribution in [0.25, 0.3) is 11.0 Å². The van der Waals surface area contributed by atoms with Crippen LogP contribution < -0.4 is 10.1 Å². The maximum Gasteiger partial charge on any atom is 0.289 e. The third-order valence-electron chi connectivity index (χ3n) is 5.33. The maximum atomic E-state index is 13.5. The third kappa shape index (κ3) is 4.26. The van der Waals surface area contributed by atoms with Crippen LogP contribution in [0.5, 0.6) is 5.75 Å². The molecule has 1 aromatic heterocycles. The molecule has 1 saturated heterocycles. The number of rotatable bonds is 4. The number of amides is 1. The van der Waals surface area contributed by atoms with Gasteiger partial charge in [0.15, 0.2) is 17.4 Å². The summed E-state index contributed by atoms with van der Waals surface area (Å²) >= 11 is 0. The summed E-state index contributed by atoms with van der Waals surface area (Å²) in [6.45, 7) is -0.0184. The molecule has 4 rings (SSSR count). The van der Waals surface area contributed by atoms with E-state index in [9.17, 15) is 27.2 Å². The molecular weight excluding hydrogens is 460 g/mol. The molecule has 1 fully saturated rings. The first-order chi connectivity index (χ1) is 15.7. The molecule has 3 aromatic rings. The van der Waals surface area contributed by atoms with Gasteiger partial charge in [0.1, 0.15) is 16.7 Å². The summed E-state index contributed by atoms with van der Waals surface area (Å²) in [5, 5.41) is 13.2. The molecule has 0 unspecified atom stereocenters. The highest BCUT2D eigenvalue weighted by molar-refractivity contribution is 7.89. The van der Waals surface area contributed by atoms with Crippen LogP contribution in [0.15, 0.2) is 56.9 Å². The molecule has 0 bridgehead atoms. The van der Waals surface area contributed by atoms with Crippen LogP contribution in [-0.2, 0) is 10.0 Å². The number of sulfonamides is 1. The quantitative estimate of drug-likeness (QED) is 0.453. The average Bonchev–Trinajstić information content (AvgIpc) is 2.84. The number of hydrogen-bond acceptors (Lipinski definition) is 7. The second kappa shape index (κ2) is 8.79. The van der Waals surface area contributed by atoms with Gasteiger partial charge in [-0.05, 0) is 30.3 Å². The van der Waals surface area contributed by atoms with Crippen molar-refractivity contribution in [3.8, 4) is 5.75 Å². The summed E-state index contributed by atoms with van der Waals surface area (Å²) in [5.74, 6) is -2.54. The highest BCUT2D eigenvalue weighted by Gasteiger charge is 2.31. The predicted octanol–water partition coefficient (Wildman–Crippen LogP) is 2.16. The zero-order valence-electron chi connectivity index (χ0n) is 17.4. The van der Waals surface area contributed by atoms with Gasteiger partial charge in [0.2, 0.25) is 10.0 Å². The molecule has 1 aliphatic heterocycles. The molecule has 0 spiro atoms. The van der Waals surface area contributed by atoms with Crippen molar-refractivity contribution >= 4 is 26.9 Å². The van der Waals surface area contributed by atoms with Gasteiger partial charge >= 0.3 is 0 Å². The molecule has 1 N–H and O–H groups in total. The van der Waals surface area contributed by atoms with Crippen molar-refractivity contribution in [1.29, 1.82) is 0 Å². The fraction of sp³-hybridized carbons (Fsp3) is 0.238. The number of nitrogens with zero attached hydrogens (tertiary/aromatic N) is 3. The summed E-state index contributed by atoms with van der Waals surface area (Å²) in [6.07, 6.45) is 0. The van der Waals surface area contributed by atoms with Gasteiger partial charge in [0, 0.05) is 43.7 Å². The SMILES string of the molecule is COc1ccc2/c(=N/O)cc(C(=O)N3CCN(S(=O)(=O)c4ccc(F)c(F)c4)CC3)oc2c1. The van der Waals surface area contributed by atoms with Crippen LogP contribution in [0, 0.1) is 11.6 Å². The van der Waals surface area contributed by atoms with Crippen LogP contribution in [0.3, 0.4) is 0 Å². The van der Waals surface area contributed by atoms with E-state index in [0.29, 0.717) is 17.2 Å². The third-order valence-corrected chi connectivity index (χ3v) is 7.22. The van der Waals surface area contributed by atoms with E-state index in [2.05, 4.69) is 5.16 Å². The summed E-state index contributed by atoms with van der Waals surface area (Å²) in [6, 6.07) is 8.50. The highest BCUT2D eigenvalue weighted by Crippen LogP contribution is 2.22. The molecule has 2 heterocycles. The van der Waals surface area contributed by atoms with Gasteiger partial charge in [0.25, 0.3) is 5.91 Å². The Hall–Kier alpha value is -3.51. The maximum absolute atomic E-state index is 13.5. The van der Waals surface area contributed by atoms with Crippen LogP contribution >= 0.6 is 0 Å². The Kier molecular flexibility index (Phi) is 6.04. The number of benzene rings is 2. The van der Waals surface area contributed by atoms with Gasteiger partial charge in [-0.2, -0.15) is 4.31 Å². The molecule has 1 amide bonds. The number of carbonyl (C=O) groups is 1. The van der Waals surface area contributed by atoms with Crippen LogP contribution in [0.1, 0.15) is 10.6 Å². The minimum absolute atomic E-state index is 0.0407. The number of hydrogen-bond donors (Lipinski definition) is 1. The van der Waals surface area contributed by atoms with Crippen LogP contribution in [-0.4, -0.2) is 62.0 Å². The number of piperazine rings is 1. The van der Waals surface area contributed by atoms with Crippen LogP contribution in [0.4, 0.5) is 8.78 Å². The van der Waals surface area contributed by atoms with Gasteiger partial charge in [-0.1, -0.05) is 5.16 Å². The van der Waals surface area contributed by atoms with Gasteiger partial charge in [-0.25, -0.2) is 17.2 Å². The van der Waals surface area contributed by atoms with Crippen molar-refractivity contribution in [3.05, 3.63) is 65.2 Å². The fourth-order valence-corrected chi connectivity index (χ4v) is 4.97. The molecule has 0 saturated carbocycles. The van der Waals surface area contributed by atoms with E-state index in [4.69, 9.17) is 9.15 Å². The zero-order chi connectivity index (χ0) is 23.8. The summed E-state index contributed by atoms with van der Waals surface area (Å²) in [4.78, 5) is 14.0. The molecule has 9 nitrogen and oxygen atoms in total. The molecule has 0 radical (unpaired) electrons. The lowest BCUT2D eigenvalue weighted by Gasteiger charge is -2.33. The van der Waals surface area contributed by atoms with E-state index in [1.54, 1.807) is 18.2 Å². The summed E-state index contributed by atoms with van der Waals surface area (Å²) in [5.41, 5.74) is 0.271. The lowest BCUT2D eigenvalue weighted by molar-refractivity contribution is 0.0666. The van der Waals surface area contributed by atoms with E-state index in [-0.39, 0.29) is 47.8 Å². The van der Waals surface area contributed by atoms with Gasteiger partial charge < -0.3 is 19.3 Å². The standard InChI is InChI=1S/C21H19F2N3O6S/c1-31-13-2-4-15-18(24-28)12-20(32-19(15)10-13)21(27)25-6-8-26(9-7-25)33(29,30)14-3-5-16(22)17(23)11-14/h2-5,10-12,28H,6-9H2,1H3/b24-18+. The fourth-order valence-electron chi connectivity index (χ4n) is 3.54. The van der Waals surface area contributed by atoms with E-state index < -0.39 is 27.6 Å². The molecular formula is C21H19F2N3O6S. The summed E-state index contributed by atoms with van der Waals surface area (Å²) < 4.78 is 64.1. The first kappa shape index (κ1) is 22.7. The molecule has 12 heteroatoms. The number of fused-ring (bicyclic) bond motifs is 1. The van der Waals surface area contributed by atoms with Crippen molar-refractivity contribution in [2.45, 2.75) is 4.90 Å². The van der Waals surface area contributed by atoms with Crippen molar-refractivity contribution in [3.63, 3.8) is 0 Å². The Bertz CT molecular complexity index is 1400. The number of methoxy groups -OCH3 is 1. The molecule has 0 atom stereocenters. The second-order valence-corrected chi connectivity index (χ2v) is 9.17. The second-order valence-electron chi connectivity index (χ2n) is 7.23. The van der Waals surface area contributed by atoms with Crippen LogP contribution in [0.2, 0.25) is 0 Å². The normalized spacial score (nSPS) is 15.7. The van der Waals surface area contributed by atoms with Crippen molar-refractivity contribution in [1.82, 2.24) is 9.21 Å². The first-order valence-electron chi connectivity index (χ1n) is 9.79. The van der Waals surface area contributed by atoms with E-state index >= 15 is 0 Å². The summed E-state index contributed by atoms with van der Waals surface area (Å²) in [7, 11) is -2.59. The van der Waals surface area contributed by atoms with E-state index in [1.807, 2.05) is 0 Å². The van der Waals surface area contributed by atoms with Crippen molar-refractivity contribution < 1.29 is 36.4 Å². The highest BCUT2D eigenvalue weighted by atomic mass is 32.2. The molecule has 1 aliphatic rings. The van der Waals surface area contributed by atoms with Crippen molar-refractivity contribution in [2.24, 2.45) is 5.16 Å². The number of halogens is 2. The lowest BCUT2D eigenvalue weighted by atomic mass is 10.2. The Morgan fingerprint density at radius 3 is 2.42 bits per heavy atom. The topological polar surface area (TPSA) is 113 Å². The first-order valence-corrected chi connectivity index (χ1v) is 11.2. The van der Waals surface area contributed by atoms with Gasteiger partial charge in [-0.15, -0.1) is 0 Å². The van der Waals surface area contributed by atoms with Gasteiger partial charge in [-0.3, -0.25) is 4.79 Å². The monoisotopic (exact) mass is 479 g/mol. The lowest BCUT2D eigenvalue weighted by Crippen LogP contribution is -2.50.